The lowest BCUT2D eigenvalue weighted by Crippen LogP contribution is -2.36. The molecule has 2 heterocycles. The molecule has 0 N–H and O–H groups in total. The van der Waals surface area contributed by atoms with E-state index in [1.54, 1.807) is 0 Å². The van der Waals surface area contributed by atoms with Gasteiger partial charge in [-0.1, -0.05) is 0 Å². The van der Waals surface area contributed by atoms with Gasteiger partial charge in [-0.2, -0.15) is 5.10 Å². The average Bonchev–Trinajstić information content (AvgIpc) is 3.02. The molecule has 1 saturated heterocycles. The number of aromatic nitrogens is 2. The van der Waals surface area contributed by atoms with Crippen molar-refractivity contribution in [1.29, 1.82) is 0 Å². The zero-order valence-corrected chi connectivity index (χ0v) is 10.4. The third-order valence-corrected chi connectivity index (χ3v) is 3.92. The summed E-state index contributed by atoms with van der Waals surface area (Å²) in [6, 6.07) is 1.54. The van der Waals surface area contributed by atoms with Crippen LogP contribution in [0.25, 0.3) is 0 Å². The van der Waals surface area contributed by atoms with Crippen LogP contribution in [0.1, 0.15) is 31.7 Å². The monoisotopic (exact) mass is 269 g/mol. The van der Waals surface area contributed by atoms with Crippen LogP contribution in [0.15, 0.2) is 16.9 Å². The van der Waals surface area contributed by atoms with E-state index < -0.39 is 0 Å². The van der Waals surface area contributed by atoms with Crippen molar-refractivity contribution in [2.75, 3.05) is 13.1 Å². The van der Waals surface area contributed by atoms with Crippen molar-refractivity contribution in [3.63, 3.8) is 0 Å². The minimum atomic E-state index is 0.617. The van der Waals surface area contributed by atoms with Gasteiger partial charge in [-0.25, -0.2) is 0 Å². The molecule has 2 aliphatic rings. The van der Waals surface area contributed by atoms with Crippen molar-refractivity contribution in [1.82, 2.24) is 14.7 Å². The van der Waals surface area contributed by atoms with E-state index in [9.17, 15) is 0 Å². The van der Waals surface area contributed by atoms with E-state index >= 15 is 0 Å². The predicted octanol–water partition coefficient (Wildman–Crippen LogP) is 2.44. The molecule has 0 amide bonds. The SMILES string of the molecule is Brc1cnn(C2CCN(C3CC3)CC2)c1. The Hall–Kier alpha value is -0.350. The summed E-state index contributed by atoms with van der Waals surface area (Å²) in [7, 11) is 0. The molecule has 15 heavy (non-hydrogen) atoms. The normalized spacial score (nSPS) is 24.6. The molecule has 1 aromatic heterocycles. The molecule has 3 nitrogen and oxygen atoms in total. The van der Waals surface area contributed by atoms with Crippen LogP contribution in [-0.4, -0.2) is 33.8 Å². The van der Waals surface area contributed by atoms with Crippen LogP contribution in [0.4, 0.5) is 0 Å². The fourth-order valence-electron chi connectivity index (χ4n) is 2.47. The van der Waals surface area contributed by atoms with Crippen molar-refractivity contribution in [3.8, 4) is 0 Å². The molecular weight excluding hydrogens is 254 g/mol. The van der Waals surface area contributed by atoms with Crippen LogP contribution in [0, 0.1) is 0 Å². The minimum Gasteiger partial charge on any atom is -0.300 e. The summed E-state index contributed by atoms with van der Waals surface area (Å²) in [5, 5.41) is 4.38. The molecule has 0 atom stereocenters. The summed E-state index contributed by atoms with van der Waals surface area (Å²) >= 11 is 3.45. The van der Waals surface area contributed by atoms with Crippen LogP contribution in [0.2, 0.25) is 0 Å². The molecule has 4 heteroatoms. The second-order valence-corrected chi connectivity index (χ2v) is 5.55. The Balaban J connectivity index is 1.61. The number of hydrogen-bond donors (Lipinski definition) is 0. The van der Waals surface area contributed by atoms with E-state index in [2.05, 4.69) is 36.8 Å². The number of rotatable bonds is 2. The van der Waals surface area contributed by atoms with Crippen molar-refractivity contribution in [2.24, 2.45) is 0 Å². The Kier molecular flexibility index (Phi) is 2.56. The lowest BCUT2D eigenvalue weighted by molar-refractivity contribution is 0.172. The quantitative estimate of drug-likeness (QED) is 0.823. The summed E-state index contributed by atoms with van der Waals surface area (Å²) in [5.74, 6) is 0. The van der Waals surface area contributed by atoms with E-state index in [0.717, 1.165) is 10.5 Å². The third kappa shape index (κ3) is 2.11. The summed E-state index contributed by atoms with van der Waals surface area (Å²) in [6.45, 7) is 2.51. The number of hydrogen-bond acceptors (Lipinski definition) is 2. The molecule has 0 radical (unpaired) electrons. The zero-order chi connectivity index (χ0) is 10.3. The Morgan fingerprint density at radius 3 is 2.40 bits per heavy atom. The van der Waals surface area contributed by atoms with Gasteiger partial charge in [0.05, 0.1) is 16.7 Å². The smallest absolute Gasteiger partial charge is 0.0632 e. The van der Waals surface area contributed by atoms with Crippen LogP contribution in [0.5, 0.6) is 0 Å². The Bertz CT molecular complexity index is 337. The highest BCUT2D eigenvalue weighted by Gasteiger charge is 2.32. The highest BCUT2D eigenvalue weighted by Crippen LogP contribution is 2.32. The molecule has 2 fully saturated rings. The second-order valence-electron chi connectivity index (χ2n) is 4.64. The highest BCUT2D eigenvalue weighted by atomic mass is 79.9. The van der Waals surface area contributed by atoms with Crippen LogP contribution in [-0.2, 0) is 0 Å². The first-order valence-electron chi connectivity index (χ1n) is 5.76. The molecule has 1 aliphatic carbocycles. The van der Waals surface area contributed by atoms with E-state index in [0.29, 0.717) is 6.04 Å². The molecule has 3 rings (SSSR count). The predicted molar refractivity (Wildman–Crippen MR) is 62.8 cm³/mol. The van der Waals surface area contributed by atoms with Crippen LogP contribution >= 0.6 is 15.9 Å². The maximum Gasteiger partial charge on any atom is 0.0632 e. The van der Waals surface area contributed by atoms with Gasteiger partial charge in [0.15, 0.2) is 0 Å². The number of likely N-dealkylation sites (tertiary alicyclic amines) is 1. The minimum absolute atomic E-state index is 0.617. The number of nitrogens with zero attached hydrogens (tertiary/aromatic N) is 3. The largest absolute Gasteiger partial charge is 0.300 e. The van der Waals surface area contributed by atoms with Crippen LogP contribution < -0.4 is 0 Å². The molecular formula is C11H16BrN3. The molecule has 0 aromatic carbocycles. The lowest BCUT2D eigenvalue weighted by Gasteiger charge is -2.31. The maximum absolute atomic E-state index is 4.38. The van der Waals surface area contributed by atoms with Crippen molar-refractivity contribution >= 4 is 15.9 Å². The molecule has 0 bridgehead atoms. The average molecular weight is 270 g/mol. The molecule has 82 valence electrons. The topological polar surface area (TPSA) is 21.1 Å². The molecule has 0 spiro atoms. The Labute approximate surface area is 98.6 Å². The zero-order valence-electron chi connectivity index (χ0n) is 8.77. The van der Waals surface area contributed by atoms with Gasteiger partial charge in [-0.05, 0) is 41.6 Å². The summed E-state index contributed by atoms with van der Waals surface area (Å²) in [6.07, 6.45) is 9.34. The van der Waals surface area contributed by atoms with Gasteiger partial charge < -0.3 is 4.90 Å². The van der Waals surface area contributed by atoms with Gasteiger partial charge >= 0.3 is 0 Å². The number of piperidine rings is 1. The third-order valence-electron chi connectivity index (χ3n) is 3.51. The Morgan fingerprint density at radius 1 is 1.13 bits per heavy atom. The van der Waals surface area contributed by atoms with Gasteiger partial charge in [-0.15, -0.1) is 0 Å². The Morgan fingerprint density at radius 2 is 1.87 bits per heavy atom. The van der Waals surface area contributed by atoms with Crippen LogP contribution in [0.3, 0.4) is 0 Å². The van der Waals surface area contributed by atoms with Gasteiger partial charge in [0.2, 0.25) is 0 Å². The molecule has 1 saturated carbocycles. The summed E-state index contributed by atoms with van der Waals surface area (Å²) in [5.41, 5.74) is 0. The lowest BCUT2D eigenvalue weighted by atomic mass is 10.1. The van der Waals surface area contributed by atoms with Gasteiger partial charge in [0.25, 0.3) is 0 Å². The molecule has 0 unspecified atom stereocenters. The second kappa shape index (κ2) is 3.91. The van der Waals surface area contributed by atoms with E-state index in [1.807, 2.05) is 6.20 Å². The van der Waals surface area contributed by atoms with Gasteiger partial charge in [0.1, 0.15) is 0 Å². The van der Waals surface area contributed by atoms with E-state index in [-0.39, 0.29) is 0 Å². The van der Waals surface area contributed by atoms with E-state index in [1.165, 1.54) is 38.8 Å². The fraction of sp³-hybridized carbons (Fsp3) is 0.727. The first kappa shape index (κ1) is 9.85. The first-order valence-corrected chi connectivity index (χ1v) is 6.56. The molecule has 1 aliphatic heterocycles. The fourth-order valence-corrected chi connectivity index (χ4v) is 2.77. The van der Waals surface area contributed by atoms with Gasteiger partial charge in [0, 0.05) is 25.3 Å². The standard InChI is InChI=1S/C11H16BrN3/c12-9-7-13-15(8-9)11-3-5-14(6-4-11)10-1-2-10/h7-8,10-11H,1-6H2. The number of halogens is 1. The first-order chi connectivity index (χ1) is 7.33. The van der Waals surface area contributed by atoms with Crippen molar-refractivity contribution in [3.05, 3.63) is 16.9 Å². The summed E-state index contributed by atoms with van der Waals surface area (Å²) in [4.78, 5) is 2.65. The van der Waals surface area contributed by atoms with Crippen molar-refractivity contribution < 1.29 is 0 Å². The highest BCUT2D eigenvalue weighted by molar-refractivity contribution is 9.10. The molecule has 1 aromatic rings. The van der Waals surface area contributed by atoms with E-state index in [4.69, 9.17) is 0 Å². The maximum atomic E-state index is 4.38. The van der Waals surface area contributed by atoms with Gasteiger partial charge in [-0.3, -0.25) is 4.68 Å². The summed E-state index contributed by atoms with van der Waals surface area (Å²) < 4.78 is 3.21. The van der Waals surface area contributed by atoms with Crippen molar-refractivity contribution in [2.45, 2.75) is 37.8 Å².